The molecule has 29 heavy (non-hydrogen) atoms. The predicted octanol–water partition coefficient (Wildman–Crippen LogP) is 1.63. The van der Waals surface area contributed by atoms with Crippen LogP contribution >= 0.6 is 0 Å². The number of rotatable bonds is 7. The Balaban J connectivity index is 1.71. The van der Waals surface area contributed by atoms with E-state index in [1.165, 1.54) is 18.4 Å². The van der Waals surface area contributed by atoms with Crippen LogP contribution in [0.1, 0.15) is 32.3 Å². The molecule has 2 aliphatic heterocycles. The van der Waals surface area contributed by atoms with Gasteiger partial charge in [0.1, 0.15) is 0 Å². The average molecular weight is 423 g/mol. The molecule has 7 nitrogen and oxygen atoms in total. The van der Waals surface area contributed by atoms with E-state index in [1.54, 1.807) is 18.2 Å². The summed E-state index contributed by atoms with van der Waals surface area (Å²) in [6, 6.07) is 5.68. The van der Waals surface area contributed by atoms with Crippen LogP contribution in [0.4, 0.5) is 5.69 Å². The molecule has 1 aromatic carbocycles. The van der Waals surface area contributed by atoms with Gasteiger partial charge in [-0.25, -0.2) is 12.7 Å². The normalized spacial score (nSPS) is 20.5. The van der Waals surface area contributed by atoms with Gasteiger partial charge in [-0.15, -0.1) is 0 Å². The summed E-state index contributed by atoms with van der Waals surface area (Å²) in [5, 5.41) is 0. The van der Waals surface area contributed by atoms with Crippen molar-refractivity contribution in [1.29, 1.82) is 0 Å². The summed E-state index contributed by atoms with van der Waals surface area (Å²) >= 11 is 0. The molecule has 0 N–H and O–H groups in total. The van der Waals surface area contributed by atoms with Gasteiger partial charge in [0, 0.05) is 45.5 Å². The zero-order chi connectivity index (χ0) is 21.2. The van der Waals surface area contributed by atoms with Crippen molar-refractivity contribution in [3.05, 3.63) is 23.8 Å². The van der Waals surface area contributed by atoms with Crippen LogP contribution in [-0.4, -0.2) is 87.8 Å². The van der Waals surface area contributed by atoms with E-state index < -0.39 is 10.0 Å². The number of hydrogen-bond donors (Lipinski definition) is 0. The van der Waals surface area contributed by atoms with Crippen molar-refractivity contribution in [1.82, 2.24) is 14.1 Å². The summed E-state index contributed by atoms with van der Waals surface area (Å²) in [7, 11) is -0.401. The molecular formula is C21H34N4O3S. The number of likely N-dealkylation sites (tertiary alicyclic amines) is 1. The minimum atomic E-state index is -3.47. The van der Waals surface area contributed by atoms with Crippen LogP contribution in [0.2, 0.25) is 0 Å². The Morgan fingerprint density at radius 3 is 2.55 bits per heavy atom. The summed E-state index contributed by atoms with van der Waals surface area (Å²) in [6.07, 6.45) is 2.76. The summed E-state index contributed by atoms with van der Waals surface area (Å²) in [4.78, 5) is 19.9. The Morgan fingerprint density at radius 2 is 1.90 bits per heavy atom. The predicted molar refractivity (Wildman–Crippen MR) is 116 cm³/mol. The lowest BCUT2D eigenvalue weighted by atomic mass is 10.0. The number of benzene rings is 1. The summed E-state index contributed by atoms with van der Waals surface area (Å²) in [6.45, 7) is 9.47. The molecule has 1 fully saturated rings. The molecule has 0 saturated carbocycles. The van der Waals surface area contributed by atoms with Gasteiger partial charge in [-0.05, 0) is 56.1 Å². The van der Waals surface area contributed by atoms with Crippen molar-refractivity contribution >= 4 is 21.6 Å². The van der Waals surface area contributed by atoms with E-state index in [0.29, 0.717) is 19.1 Å². The monoisotopic (exact) mass is 422 g/mol. The van der Waals surface area contributed by atoms with Crippen molar-refractivity contribution < 1.29 is 13.2 Å². The number of nitrogens with zero attached hydrogens (tertiary/aromatic N) is 4. The maximum atomic E-state index is 13.1. The Bertz CT molecular complexity index is 836. The molecule has 0 spiro atoms. The zero-order valence-electron chi connectivity index (χ0n) is 18.1. The quantitative estimate of drug-likeness (QED) is 0.668. The molecular weight excluding hydrogens is 388 g/mol. The fourth-order valence-corrected chi connectivity index (χ4v) is 5.43. The van der Waals surface area contributed by atoms with Crippen LogP contribution in [0.15, 0.2) is 23.1 Å². The molecule has 1 unspecified atom stereocenters. The highest BCUT2D eigenvalue weighted by Gasteiger charge is 2.30. The van der Waals surface area contributed by atoms with Crippen molar-refractivity contribution in [2.24, 2.45) is 0 Å². The highest BCUT2D eigenvalue weighted by Crippen LogP contribution is 2.30. The first-order valence-electron chi connectivity index (χ1n) is 10.6. The van der Waals surface area contributed by atoms with E-state index in [-0.39, 0.29) is 10.8 Å². The third-order valence-corrected chi connectivity index (χ3v) is 8.00. The lowest BCUT2D eigenvalue weighted by Crippen LogP contribution is -2.43. The molecule has 0 radical (unpaired) electrons. The first-order valence-corrected chi connectivity index (χ1v) is 12.0. The van der Waals surface area contributed by atoms with E-state index in [1.807, 2.05) is 4.90 Å². The largest absolute Gasteiger partial charge is 0.311 e. The van der Waals surface area contributed by atoms with Crippen molar-refractivity contribution in [3.63, 3.8) is 0 Å². The number of anilines is 1. The Morgan fingerprint density at radius 1 is 1.17 bits per heavy atom. The van der Waals surface area contributed by atoms with Crippen molar-refractivity contribution in [2.45, 2.75) is 44.0 Å². The second kappa shape index (κ2) is 9.12. The molecule has 2 aliphatic rings. The summed E-state index contributed by atoms with van der Waals surface area (Å²) in [5.74, 6) is 0.106. The standard InChI is InChI=1S/C21H34N4O3S/c1-5-24(6-2)18-11-13-23(15-18)16-21(26)25-12-7-8-17-14-19(9-10-20(17)25)29(27,28)22(3)4/h9-10,14,18H,5-8,11-13,15-16H2,1-4H3. The van der Waals surface area contributed by atoms with Gasteiger partial charge in [0.15, 0.2) is 0 Å². The van der Waals surface area contributed by atoms with Gasteiger partial charge < -0.3 is 4.90 Å². The number of fused-ring (bicyclic) bond motifs is 1. The van der Waals surface area contributed by atoms with Crippen molar-refractivity contribution in [3.8, 4) is 0 Å². The Kier molecular flexibility index (Phi) is 6.98. The van der Waals surface area contributed by atoms with E-state index >= 15 is 0 Å². The maximum absolute atomic E-state index is 13.1. The van der Waals surface area contributed by atoms with Crippen LogP contribution < -0.4 is 4.90 Å². The van der Waals surface area contributed by atoms with Crippen LogP contribution in [-0.2, 0) is 21.2 Å². The fourth-order valence-electron chi connectivity index (χ4n) is 4.47. The van der Waals surface area contributed by atoms with Gasteiger partial charge in [-0.3, -0.25) is 14.6 Å². The number of carbonyl (C=O) groups excluding carboxylic acids is 1. The van der Waals surface area contributed by atoms with Gasteiger partial charge >= 0.3 is 0 Å². The number of hydrogen-bond acceptors (Lipinski definition) is 5. The highest BCUT2D eigenvalue weighted by atomic mass is 32.2. The van der Waals surface area contributed by atoms with Gasteiger partial charge in [0.2, 0.25) is 15.9 Å². The minimum Gasteiger partial charge on any atom is -0.311 e. The Labute approximate surface area is 175 Å². The molecule has 8 heteroatoms. The second-order valence-electron chi connectivity index (χ2n) is 8.13. The summed E-state index contributed by atoms with van der Waals surface area (Å²) < 4.78 is 26.1. The van der Waals surface area contributed by atoms with Gasteiger partial charge in [-0.1, -0.05) is 13.8 Å². The van der Waals surface area contributed by atoms with Crippen LogP contribution in [0, 0.1) is 0 Å². The molecule has 1 atom stereocenters. The first-order chi connectivity index (χ1) is 13.8. The number of sulfonamides is 1. The molecule has 0 aromatic heterocycles. The average Bonchev–Trinajstić information content (AvgIpc) is 3.16. The number of carbonyl (C=O) groups is 1. The third kappa shape index (κ3) is 4.66. The van der Waals surface area contributed by atoms with Crippen LogP contribution in [0.3, 0.4) is 0 Å². The SMILES string of the molecule is CCN(CC)C1CCN(CC(=O)N2CCCc3cc(S(=O)(=O)N(C)C)ccc32)C1. The smallest absolute Gasteiger partial charge is 0.242 e. The molecule has 2 heterocycles. The molecule has 1 aromatic rings. The van der Waals surface area contributed by atoms with Crippen LogP contribution in [0.5, 0.6) is 0 Å². The van der Waals surface area contributed by atoms with Gasteiger partial charge in [-0.2, -0.15) is 0 Å². The number of likely N-dealkylation sites (N-methyl/N-ethyl adjacent to an activating group) is 1. The lowest BCUT2D eigenvalue weighted by molar-refractivity contribution is -0.119. The van der Waals surface area contributed by atoms with E-state index in [4.69, 9.17) is 0 Å². The first kappa shape index (κ1) is 22.2. The molecule has 3 rings (SSSR count). The Hall–Kier alpha value is -1.48. The van der Waals surface area contributed by atoms with E-state index in [0.717, 1.165) is 56.7 Å². The number of amides is 1. The number of aryl methyl sites for hydroxylation is 1. The topological polar surface area (TPSA) is 64.2 Å². The van der Waals surface area contributed by atoms with E-state index in [9.17, 15) is 13.2 Å². The lowest BCUT2D eigenvalue weighted by Gasteiger charge is -2.31. The molecule has 1 amide bonds. The highest BCUT2D eigenvalue weighted by molar-refractivity contribution is 7.89. The fraction of sp³-hybridized carbons (Fsp3) is 0.667. The molecule has 162 valence electrons. The maximum Gasteiger partial charge on any atom is 0.242 e. The van der Waals surface area contributed by atoms with Gasteiger partial charge in [0.05, 0.1) is 11.4 Å². The van der Waals surface area contributed by atoms with Crippen LogP contribution in [0.25, 0.3) is 0 Å². The molecule has 0 bridgehead atoms. The third-order valence-electron chi connectivity index (χ3n) is 6.18. The second-order valence-corrected chi connectivity index (χ2v) is 10.3. The summed E-state index contributed by atoms with van der Waals surface area (Å²) in [5.41, 5.74) is 1.80. The zero-order valence-corrected chi connectivity index (χ0v) is 18.9. The van der Waals surface area contributed by atoms with Crippen molar-refractivity contribution in [2.75, 3.05) is 58.3 Å². The van der Waals surface area contributed by atoms with Gasteiger partial charge in [0.25, 0.3) is 0 Å². The molecule has 0 aliphatic carbocycles. The van der Waals surface area contributed by atoms with E-state index in [2.05, 4.69) is 23.6 Å². The minimum absolute atomic E-state index is 0.106. The molecule has 1 saturated heterocycles.